The number of rotatable bonds is 4. The van der Waals surface area contributed by atoms with Crippen molar-refractivity contribution < 1.29 is 4.79 Å². The number of amides is 1. The van der Waals surface area contributed by atoms with E-state index < -0.39 is 0 Å². The highest BCUT2D eigenvalue weighted by molar-refractivity contribution is 6.33. The number of hydrogen-bond donors (Lipinski definition) is 2. The van der Waals surface area contributed by atoms with Crippen LogP contribution in [0.4, 0.5) is 5.69 Å². The van der Waals surface area contributed by atoms with Gasteiger partial charge in [-0.1, -0.05) is 37.9 Å². The predicted octanol–water partition coefficient (Wildman–Crippen LogP) is 3.09. The Morgan fingerprint density at radius 1 is 1.47 bits per heavy atom. The second-order valence-electron chi connectivity index (χ2n) is 4.35. The number of halogens is 1. The summed E-state index contributed by atoms with van der Waals surface area (Å²) in [6.45, 7) is 6.19. The largest absolute Gasteiger partial charge is 0.397 e. The lowest BCUT2D eigenvalue weighted by molar-refractivity contribution is 0.0929. The Hall–Kier alpha value is -1.22. The van der Waals surface area contributed by atoms with Crippen LogP contribution >= 0.6 is 11.6 Å². The fraction of sp³-hybridized carbons (Fsp3) is 0.462. The molecule has 0 bridgehead atoms. The van der Waals surface area contributed by atoms with Gasteiger partial charge in [0.25, 0.3) is 5.91 Å². The van der Waals surface area contributed by atoms with Gasteiger partial charge in [-0.05, 0) is 25.0 Å². The smallest absolute Gasteiger partial charge is 0.253 e. The number of anilines is 1. The number of benzene rings is 1. The Kier molecular flexibility index (Phi) is 4.82. The zero-order chi connectivity index (χ0) is 13.0. The highest BCUT2D eigenvalue weighted by atomic mass is 35.5. The van der Waals surface area contributed by atoms with E-state index in [4.69, 9.17) is 17.3 Å². The minimum absolute atomic E-state index is 0.117. The lowest BCUT2D eigenvalue weighted by Crippen LogP contribution is -2.37. The molecule has 1 aromatic carbocycles. The van der Waals surface area contributed by atoms with Crippen molar-refractivity contribution >= 4 is 23.2 Å². The summed E-state index contributed by atoms with van der Waals surface area (Å²) in [7, 11) is 0. The van der Waals surface area contributed by atoms with E-state index in [-0.39, 0.29) is 11.9 Å². The van der Waals surface area contributed by atoms with Crippen LogP contribution in [0.1, 0.15) is 37.6 Å². The second kappa shape index (κ2) is 5.92. The van der Waals surface area contributed by atoms with E-state index in [2.05, 4.69) is 19.2 Å². The molecule has 0 spiro atoms. The summed E-state index contributed by atoms with van der Waals surface area (Å²) in [5.74, 6) is 0.261. The topological polar surface area (TPSA) is 55.1 Å². The van der Waals surface area contributed by atoms with Gasteiger partial charge in [-0.2, -0.15) is 0 Å². The van der Waals surface area contributed by atoms with Crippen LogP contribution in [0.25, 0.3) is 0 Å². The van der Waals surface area contributed by atoms with E-state index in [9.17, 15) is 4.79 Å². The Bertz CT molecular complexity index is 406. The van der Waals surface area contributed by atoms with E-state index in [1.54, 1.807) is 18.2 Å². The standard InChI is InChI=1S/C13H19ClN2O/c1-4-8(2)9(3)16-13(17)10-6-5-7-11(14)12(10)15/h5-9H,4,15H2,1-3H3,(H,16,17). The molecule has 0 aliphatic carbocycles. The van der Waals surface area contributed by atoms with Crippen LogP contribution in [-0.4, -0.2) is 11.9 Å². The Labute approximate surface area is 107 Å². The zero-order valence-electron chi connectivity index (χ0n) is 10.5. The molecule has 1 amide bonds. The van der Waals surface area contributed by atoms with E-state index in [0.29, 0.717) is 22.2 Å². The molecule has 17 heavy (non-hydrogen) atoms. The van der Waals surface area contributed by atoms with Crippen molar-refractivity contribution in [1.82, 2.24) is 5.32 Å². The molecule has 0 aromatic heterocycles. The van der Waals surface area contributed by atoms with Crippen molar-refractivity contribution in [1.29, 1.82) is 0 Å². The first-order chi connectivity index (χ1) is 7.97. The normalized spacial score (nSPS) is 14.1. The van der Waals surface area contributed by atoms with Gasteiger partial charge in [-0.15, -0.1) is 0 Å². The number of carbonyl (C=O) groups is 1. The monoisotopic (exact) mass is 254 g/mol. The number of hydrogen-bond acceptors (Lipinski definition) is 2. The van der Waals surface area contributed by atoms with Gasteiger partial charge in [-0.25, -0.2) is 0 Å². The first kappa shape index (κ1) is 13.8. The highest BCUT2D eigenvalue weighted by Crippen LogP contribution is 2.22. The first-order valence-electron chi connectivity index (χ1n) is 5.82. The van der Waals surface area contributed by atoms with Crippen LogP contribution in [-0.2, 0) is 0 Å². The molecule has 0 saturated heterocycles. The fourth-order valence-electron chi connectivity index (χ4n) is 1.52. The van der Waals surface area contributed by atoms with Gasteiger partial charge in [0, 0.05) is 6.04 Å². The maximum Gasteiger partial charge on any atom is 0.253 e. The molecular formula is C13H19ClN2O. The van der Waals surface area contributed by atoms with Crippen LogP contribution in [0, 0.1) is 5.92 Å². The summed E-state index contributed by atoms with van der Waals surface area (Å²) < 4.78 is 0. The SMILES string of the molecule is CCC(C)C(C)NC(=O)c1cccc(Cl)c1N. The maximum absolute atomic E-state index is 12.0. The molecule has 0 aliphatic heterocycles. The minimum Gasteiger partial charge on any atom is -0.397 e. The first-order valence-corrected chi connectivity index (χ1v) is 6.20. The van der Waals surface area contributed by atoms with Crippen molar-refractivity contribution in [2.24, 2.45) is 5.92 Å². The number of para-hydroxylation sites is 1. The summed E-state index contributed by atoms with van der Waals surface area (Å²) >= 11 is 5.88. The molecule has 3 nitrogen and oxygen atoms in total. The van der Waals surface area contributed by atoms with Gasteiger partial charge in [0.05, 0.1) is 16.3 Å². The zero-order valence-corrected chi connectivity index (χ0v) is 11.2. The maximum atomic E-state index is 12.0. The Morgan fingerprint density at radius 3 is 2.71 bits per heavy atom. The van der Waals surface area contributed by atoms with Crippen LogP contribution in [0.15, 0.2) is 18.2 Å². The molecule has 0 heterocycles. The third-order valence-corrected chi connectivity index (χ3v) is 3.48. The predicted molar refractivity (Wildman–Crippen MR) is 72.2 cm³/mol. The highest BCUT2D eigenvalue weighted by Gasteiger charge is 2.16. The Balaban J connectivity index is 2.80. The summed E-state index contributed by atoms with van der Waals surface area (Å²) in [6.07, 6.45) is 1.02. The van der Waals surface area contributed by atoms with E-state index in [1.807, 2.05) is 6.92 Å². The van der Waals surface area contributed by atoms with Gasteiger partial charge in [0.15, 0.2) is 0 Å². The van der Waals surface area contributed by atoms with Crippen LogP contribution in [0.2, 0.25) is 5.02 Å². The van der Waals surface area contributed by atoms with E-state index >= 15 is 0 Å². The molecule has 1 aromatic rings. The summed E-state index contributed by atoms with van der Waals surface area (Å²) in [4.78, 5) is 12.0. The van der Waals surface area contributed by atoms with Gasteiger partial charge < -0.3 is 11.1 Å². The number of carbonyl (C=O) groups excluding carboxylic acids is 1. The van der Waals surface area contributed by atoms with Gasteiger partial charge in [0.2, 0.25) is 0 Å². The van der Waals surface area contributed by atoms with Crippen molar-refractivity contribution in [2.45, 2.75) is 33.2 Å². The Morgan fingerprint density at radius 2 is 2.12 bits per heavy atom. The van der Waals surface area contributed by atoms with Crippen molar-refractivity contribution in [2.75, 3.05) is 5.73 Å². The quantitative estimate of drug-likeness (QED) is 0.812. The molecule has 2 atom stereocenters. The van der Waals surface area contributed by atoms with Crippen molar-refractivity contribution in [3.8, 4) is 0 Å². The molecular weight excluding hydrogens is 236 g/mol. The number of nitrogens with one attached hydrogen (secondary N) is 1. The molecule has 1 rings (SSSR count). The summed E-state index contributed by atoms with van der Waals surface area (Å²) in [6, 6.07) is 5.19. The van der Waals surface area contributed by atoms with Crippen molar-refractivity contribution in [3.05, 3.63) is 28.8 Å². The van der Waals surface area contributed by atoms with Crippen LogP contribution in [0.5, 0.6) is 0 Å². The molecule has 94 valence electrons. The lowest BCUT2D eigenvalue weighted by Gasteiger charge is -2.20. The summed E-state index contributed by atoms with van der Waals surface area (Å²) in [5, 5.41) is 3.35. The second-order valence-corrected chi connectivity index (χ2v) is 4.76. The third-order valence-electron chi connectivity index (χ3n) is 3.15. The molecule has 0 radical (unpaired) electrons. The minimum atomic E-state index is -0.169. The lowest BCUT2D eigenvalue weighted by atomic mass is 10.0. The van der Waals surface area contributed by atoms with Crippen molar-refractivity contribution in [3.63, 3.8) is 0 Å². The number of nitrogen functional groups attached to an aromatic ring is 1. The van der Waals surface area contributed by atoms with Gasteiger partial charge in [-0.3, -0.25) is 4.79 Å². The average Bonchev–Trinajstić information content (AvgIpc) is 2.31. The number of nitrogens with two attached hydrogens (primary N) is 1. The van der Waals surface area contributed by atoms with Gasteiger partial charge in [0.1, 0.15) is 0 Å². The molecule has 0 fully saturated rings. The molecule has 2 unspecified atom stereocenters. The summed E-state index contributed by atoms with van der Waals surface area (Å²) in [5.41, 5.74) is 6.55. The molecule has 0 aliphatic rings. The van der Waals surface area contributed by atoms with E-state index in [0.717, 1.165) is 6.42 Å². The van der Waals surface area contributed by atoms with E-state index in [1.165, 1.54) is 0 Å². The van der Waals surface area contributed by atoms with Gasteiger partial charge >= 0.3 is 0 Å². The fourth-order valence-corrected chi connectivity index (χ4v) is 1.69. The average molecular weight is 255 g/mol. The molecule has 4 heteroatoms. The third kappa shape index (κ3) is 3.37. The molecule has 3 N–H and O–H groups in total. The molecule has 0 saturated carbocycles. The van der Waals surface area contributed by atoms with Crippen LogP contribution < -0.4 is 11.1 Å². The van der Waals surface area contributed by atoms with Crippen LogP contribution in [0.3, 0.4) is 0 Å².